The van der Waals surface area contributed by atoms with Gasteiger partial charge in [0.15, 0.2) is 0 Å². The van der Waals surface area contributed by atoms with E-state index >= 15 is 0 Å². The van der Waals surface area contributed by atoms with E-state index in [1.807, 2.05) is 5.10 Å². The fraction of sp³-hybridized carbons (Fsp3) is 0.250. The van der Waals surface area contributed by atoms with Crippen molar-refractivity contribution in [3.63, 3.8) is 0 Å². The Morgan fingerprint density at radius 3 is 2.53 bits per heavy atom. The lowest BCUT2D eigenvalue weighted by Crippen LogP contribution is -2.08. The third-order valence-electron chi connectivity index (χ3n) is 2.70. The Morgan fingerprint density at radius 2 is 2.00 bits per heavy atom. The van der Waals surface area contributed by atoms with E-state index in [0.29, 0.717) is 0 Å². The predicted octanol–water partition coefficient (Wildman–Crippen LogP) is 4.45. The Labute approximate surface area is 111 Å². The van der Waals surface area contributed by atoms with Crippen LogP contribution in [-0.4, -0.2) is 10.2 Å². The van der Waals surface area contributed by atoms with Gasteiger partial charge in [0, 0.05) is 11.1 Å². The van der Waals surface area contributed by atoms with Crippen molar-refractivity contribution in [3.8, 4) is 11.3 Å². The Bertz CT molecular complexity index is 604. The summed E-state index contributed by atoms with van der Waals surface area (Å²) < 4.78 is 51.6. The lowest BCUT2D eigenvalue weighted by atomic mass is 10.0. The Kier molecular flexibility index (Phi) is 3.54. The molecule has 1 aromatic carbocycles. The fourth-order valence-corrected chi connectivity index (χ4v) is 1.94. The zero-order valence-corrected chi connectivity index (χ0v) is 10.5. The molecule has 0 fully saturated rings. The van der Waals surface area contributed by atoms with E-state index in [9.17, 15) is 17.6 Å². The van der Waals surface area contributed by atoms with Gasteiger partial charge in [-0.05, 0) is 18.6 Å². The van der Waals surface area contributed by atoms with Crippen LogP contribution in [0.5, 0.6) is 0 Å². The predicted molar refractivity (Wildman–Crippen MR) is 63.4 cm³/mol. The summed E-state index contributed by atoms with van der Waals surface area (Å²) in [5, 5.41) is 5.52. The molecule has 2 nitrogen and oxygen atoms in total. The van der Waals surface area contributed by atoms with Crippen LogP contribution in [0.2, 0.25) is 5.02 Å². The number of nitrogens with one attached hydrogen (secondary N) is 1. The second-order valence-electron chi connectivity index (χ2n) is 3.91. The summed E-state index contributed by atoms with van der Waals surface area (Å²) in [4.78, 5) is 0. The van der Waals surface area contributed by atoms with E-state index in [-0.39, 0.29) is 28.3 Å². The minimum Gasteiger partial charge on any atom is -0.273 e. The SMILES string of the molecule is CCc1c(-c2ccc(Cl)c(F)c2)n[nH]c1C(F)(F)F. The topological polar surface area (TPSA) is 28.7 Å². The van der Waals surface area contributed by atoms with E-state index in [1.165, 1.54) is 12.1 Å². The van der Waals surface area contributed by atoms with Crippen LogP contribution in [0.4, 0.5) is 17.6 Å². The maximum atomic E-state index is 13.3. The fourth-order valence-electron chi connectivity index (χ4n) is 1.83. The van der Waals surface area contributed by atoms with Gasteiger partial charge >= 0.3 is 6.18 Å². The molecule has 0 aliphatic carbocycles. The Balaban J connectivity index is 2.57. The quantitative estimate of drug-likeness (QED) is 0.814. The van der Waals surface area contributed by atoms with Crippen LogP contribution < -0.4 is 0 Å². The van der Waals surface area contributed by atoms with Crippen LogP contribution in [0.15, 0.2) is 18.2 Å². The second-order valence-corrected chi connectivity index (χ2v) is 4.31. The van der Waals surface area contributed by atoms with Gasteiger partial charge in [-0.1, -0.05) is 24.6 Å². The molecule has 0 spiro atoms. The monoisotopic (exact) mass is 292 g/mol. The first-order chi connectivity index (χ1) is 8.84. The van der Waals surface area contributed by atoms with Crippen LogP contribution in [0.3, 0.4) is 0 Å². The van der Waals surface area contributed by atoms with Crippen LogP contribution in [0.1, 0.15) is 18.2 Å². The first-order valence-corrected chi connectivity index (χ1v) is 5.82. The first-order valence-electron chi connectivity index (χ1n) is 5.44. The van der Waals surface area contributed by atoms with Gasteiger partial charge in [-0.25, -0.2) is 4.39 Å². The normalized spacial score (nSPS) is 11.9. The zero-order valence-electron chi connectivity index (χ0n) is 9.78. The number of hydrogen-bond donors (Lipinski definition) is 1. The number of aromatic nitrogens is 2. The zero-order chi connectivity index (χ0) is 14.2. The maximum absolute atomic E-state index is 13.3. The van der Waals surface area contributed by atoms with E-state index < -0.39 is 17.7 Å². The summed E-state index contributed by atoms with van der Waals surface area (Å²) in [6, 6.07) is 3.78. The highest BCUT2D eigenvalue weighted by atomic mass is 35.5. The average Bonchev–Trinajstić information content (AvgIpc) is 2.76. The van der Waals surface area contributed by atoms with Crippen molar-refractivity contribution >= 4 is 11.6 Å². The molecule has 0 atom stereocenters. The van der Waals surface area contributed by atoms with Crippen molar-refractivity contribution in [1.82, 2.24) is 10.2 Å². The summed E-state index contributed by atoms with van der Waals surface area (Å²) in [5.74, 6) is -0.697. The molecule has 1 heterocycles. The summed E-state index contributed by atoms with van der Waals surface area (Å²) >= 11 is 5.54. The van der Waals surface area contributed by atoms with Gasteiger partial charge in [0.05, 0.1) is 10.7 Å². The molecular formula is C12H9ClF4N2. The molecule has 0 radical (unpaired) electrons. The van der Waals surface area contributed by atoms with Crippen molar-refractivity contribution in [2.75, 3.05) is 0 Å². The van der Waals surface area contributed by atoms with Crippen molar-refractivity contribution in [3.05, 3.63) is 40.3 Å². The van der Waals surface area contributed by atoms with E-state index in [1.54, 1.807) is 6.92 Å². The molecule has 0 unspecified atom stereocenters. The highest BCUT2D eigenvalue weighted by Crippen LogP contribution is 2.35. The summed E-state index contributed by atoms with van der Waals surface area (Å²) in [6.45, 7) is 1.58. The van der Waals surface area contributed by atoms with Crippen molar-refractivity contribution < 1.29 is 17.6 Å². The summed E-state index contributed by atoms with van der Waals surface area (Å²) in [7, 11) is 0. The van der Waals surface area contributed by atoms with Gasteiger partial charge in [-0.3, -0.25) is 5.10 Å². The molecule has 0 bridgehead atoms. The van der Waals surface area contributed by atoms with Gasteiger partial charge < -0.3 is 0 Å². The summed E-state index contributed by atoms with van der Waals surface area (Å²) in [6.07, 6.45) is -4.38. The van der Waals surface area contributed by atoms with Crippen LogP contribution in [-0.2, 0) is 12.6 Å². The van der Waals surface area contributed by atoms with Crippen molar-refractivity contribution in [2.45, 2.75) is 19.5 Å². The van der Waals surface area contributed by atoms with Crippen LogP contribution in [0, 0.1) is 5.82 Å². The lowest BCUT2D eigenvalue weighted by Gasteiger charge is -2.07. The molecule has 1 N–H and O–H groups in total. The molecule has 7 heteroatoms. The van der Waals surface area contributed by atoms with E-state index in [4.69, 9.17) is 11.6 Å². The van der Waals surface area contributed by atoms with Gasteiger partial charge in [-0.2, -0.15) is 18.3 Å². The molecular weight excluding hydrogens is 284 g/mol. The van der Waals surface area contributed by atoms with Crippen LogP contribution in [0.25, 0.3) is 11.3 Å². The molecule has 0 aliphatic heterocycles. The Morgan fingerprint density at radius 1 is 1.32 bits per heavy atom. The van der Waals surface area contributed by atoms with Gasteiger partial charge in [0.1, 0.15) is 11.5 Å². The number of alkyl halides is 3. The largest absolute Gasteiger partial charge is 0.433 e. The first kappa shape index (κ1) is 13.9. The maximum Gasteiger partial charge on any atom is 0.433 e. The molecule has 0 saturated carbocycles. The molecule has 2 rings (SSSR count). The van der Waals surface area contributed by atoms with Gasteiger partial charge in [0.2, 0.25) is 0 Å². The smallest absolute Gasteiger partial charge is 0.273 e. The van der Waals surface area contributed by atoms with Gasteiger partial charge in [0.25, 0.3) is 0 Å². The molecule has 0 saturated heterocycles. The third kappa shape index (κ3) is 2.58. The third-order valence-corrected chi connectivity index (χ3v) is 3.00. The van der Waals surface area contributed by atoms with E-state index in [0.717, 1.165) is 6.07 Å². The number of halogens is 5. The number of aromatic amines is 1. The number of rotatable bonds is 2. The second kappa shape index (κ2) is 4.85. The number of benzene rings is 1. The number of H-pyrrole nitrogens is 1. The van der Waals surface area contributed by atoms with Gasteiger partial charge in [-0.15, -0.1) is 0 Å². The lowest BCUT2D eigenvalue weighted by molar-refractivity contribution is -0.141. The summed E-state index contributed by atoms with van der Waals surface area (Å²) in [5.41, 5.74) is -0.550. The molecule has 2 aromatic rings. The highest BCUT2D eigenvalue weighted by Gasteiger charge is 2.36. The van der Waals surface area contributed by atoms with Crippen LogP contribution >= 0.6 is 11.6 Å². The average molecular weight is 293 g/mol. The van der Waals surface area contributed by atoms with Crippen molar-refractivity contribution in [2.24, 2.45) is 0 Å². The molecule has 19 heavy (non-hydrogen) atoms. The minimum absolute atomic E-state index is 0.00854. The highest BCUT2D eigenvalue weighted by molar-refractivity contribution is 6.30. The van der Waals surface area contributed by atoms with E-state index in [2.05, 4.69) is 5.10 Å². The number of nitrogens with zero attached hydrogens (tertiary/aromatic N) is 1. The molecule has 102 valence electrons. The number of hydrogen-bond acceptors (Lipinski definition) is 1. The molecule has 0 aliphatic rings. The minimum atomic E-state index is -4.51. The molecule has 0 amide bonds. The standard InChI is InChI=1S/C12H9ClF4N2/c1-2-7-10(18-19-11(7)12(15,16)17)6-3-4-8(13)9(14)5-6/h3-5H,2H2,1H3,(H,18,19). The molecule has 1 aromatic heterocycles. The van der Waals surface area contributed by atoms with Crippen molar-refractivity contribution in [1.29, 1.82) is 0 Å². The Hall–Kier alpha value is -1.56.